The first-order valence-electron chi connectivity index (χ1n) is 6.11. The van der Waals surface area contributed by atoms with Gasteiger partial charge in [-0.15, -0.1) is 0 Å². The number of benzene rings is 1. The molecule has 0 spiro atoms. The molecule has 0 saturated carbocycles. The molecule has 0 aliphatic carbocycles. The molecule has 2 N–H and O–H groups in total. The van der Waals surface area contributed by atoms with Crippen molar-refractivity contribution in [2.75, 3.05) is 6.61 Å². The van der Waals surface area contributed by atoms with Crippen LogP contribution >= 0.6 is 15.9 Å². The highest BCUT2D eigenvalue weighted by Crippen LogP contribution is 2.27. The number of carbonyl (C=O) groups excluding carboxylic acids is 1. The molecule has 0 amide bonds. The van der Waals surface area contributed by atoms with Crippen LogP contribution in [0.2, 0.25) is 0 Å². The van der Waals surface area contributed by atoms with E-state index in [9.17, 15) is 17.6 Å². The number of ether oxygens (including phenoxy) is 1. The van der Waals surface area contributed by atoms with Gasteiger partial charge in [-0.25, -0.2) is 22.7 Å². The van der Waals surface area contributed by atoms with E-state index in [0.717, 1.165) is 12.1 Å². The lowest BCUT2D eigenvalue weighted by molar-refractivity contribution is 0.0463. The van der Waals surface area contributed by atoms with Crippen LogP contribution in [0, 0.1) is 11.2 Å². The first-order chi connectivity index (χ1) is 9.42. The Morgan fingerprint density at radius 3 is 2.43 bits per heavy atom. The van der Waals surface area contributed by atoms with Crippen molar-refractivity contribution in [1.29, 1.82) is 0 Å². The number of hydrogen-bond donors (Lipinski definition) is 1. The topological polar surface area (TPSA) is 86.5 Å². The maximum absolute atomic E-state index is 13.5. The van der Waals surface area contributed by atoms with Crippen LogP contribution < -0.4 is 5.14 Å². The third-order valence-corrected chi connectivity index (χ3v) is 4.67. The Labute approximate surface area is 131 Å². The molecule has 0 aliphatic heterocycles. The maximum Gasteiger partial charge on any atom is 0.339 e. The van der Waals surface area contributed by atoms with Crippen molar-refractivity contribution in [3.63, 3.8) is 0 Å². The zero-order chi connectivity index (χ0) is 16.4. The Kier molecular flexibility index (Phi) is 5.51. The van der Waals surface area contributed by atoms with Crippen molar-refractivity contribution in [3.05, 3.63) is 28.0 Å². The maximum atomic E-state index is 13.5. The van der Waals surface area contributed by atoms with Crippen molar-refractivity contribution in [2.24, 2.45) is 10.6 Å². The van der Waals surface area contributed by atoms with E-state index in [1.807, 2.05) is 20.8 Å². The zero-order valence-electron chi connectivity index (χ0n) is 11.9. The summed E-state index contributed by atoms with van der Waals surface area (Å²) >= 11 is 2.96. The van der Waals surface area contributed by atoms with E-state index in [1.54, 1.807) is 0 Å². The number of rotatable bonds is 4. The van der Waals surface area contributed by atoms with Crippen LogP contribution in [0.5, 0.6) is 0 Å². The molecule has 0 saturated heterocycles. The SMILES string of the molecule is CC(C)(C)CCOC(=O)c1cc(F)cc(S(N)(=O)=O)c1Br. The number of nitrogens with two attached hydrogens (primary N) is 1. The van der Waals surface area contributed by atoms with E-state index in [-0.39, 0.29) is 22.1 Å². The fraction of sp³-hybridized carbons (Fsp3) is 0.462. The molecule has 0 bridgehead atoms. The minimum Gasteiger partial charge on any atom is -0.462 e. The molecule has 1 aromatic rings. The number of primary sulfonamides is 1. The van der Waals surface area contributed by atoms with E-state index in [2.05, 4.69) is 15.9 Å². The van der Waals surface area contributed by atoms with Crippen molar-refractivity contribution in [2.45, 2.75) is 32.1 Å². The lowest BCUT2D eigenvalue weighted by atomic mass is 9.93. The molecular formula is C13H17BrFNO4S. The Morgan fingerprint density at radius 1 is 1.38 bits per heavy atom. The lowest BCUT2D eigenvalue weighted by Crippen LogP contribution is -2.17. The van der Waals surface area contributed by atoms with E-state index in [1.165, 1.54) is 0 Å². The number of hydrogen-bond acceptors (Lipinski definition) is 4. The number of carbonyl (C=O) groups is 1. The highest BCUT2D eigenvalue weighted by molar-refractivity contribution is 9.10. The smallest absolute Gasteiger partial charge is 0.339 e. The van der Waals surface area contributed by atoms with Crippen molar-refractivity contribution < 1.29 is 22.3 Å². The molecule has 1 aromatic carbocycles. The second-order valence-corrected chi connectivity index (χ2v) is 8.08. The van der Waals surface area contributed by atoms with Gasteiger partial charge in [-0.05, 0) is 39.9 Å². The largest absolute Gasteiger partial charge is 0.462 e. The Balaban J connectivity index is 3.03. The first-order valence-corrected chi connectivity index (χ1v) is 8.45. The third kappa shape index (κ3) is 5.37. The standard InChI is InChI=1S/C13H17BrFNO4S/c1-13(2,3)4-5-20-12(17)9-6-8(15)7-10(11(9)14)21(16,18)19/h6-7H,4-5H2,1-3H3,(H2,16,18,19). The molecule has 118 valence electrons. The normalized spacial score (nSPS) is 12.3. The Bertz CT molecular complexity index is 653. The van der Waals surface area contributed by atoms with Crippen LogP contribution in [-0.2, 0) is 14.8 Å². The molecule has 8 heteroatoms. The molecule has 1 rings (SSSR count). The predicted molar refractivity (Wildman–Crippen MR) is 79.8 cm³/mol. The summed E-state index contributed by atoms with van der Waals surface area (Å²) in [5, 5.41) is 4.98. The van der Waals surface area contributed by atoms with Gasteiger partial charge in [0, 0.05) is 0 Å². The van der Waals surface area contributed by atoms with Gasteiger partial charge in [0.25, 0.3) is 0 Å². The summed E-state index contributed by atoms with van der Waals surface area (Å²) < 4.78 is 41.1. The molecular weight excluding hydrogens is 365 g/mol. The van der Waals surface area contributed by atoms with E-state index < -0.39 is 26.7 Å². The second-order valence-electron chi connectivity index (χ2n) is 5.76. The average molecular weight is 382 g/mol. The molecule has 0 aromatic heterocycles. The molecule has 5 nitrogen and oxygen atoms in total. The number of halogens is 2. The van der Waals surface area contributed by atoms with Gasteiger partial charge in [0.15, 0.2) is 0 Å². The molecule has 0 atom stereocenters. The second kappa shape index (κ2) is 6.41. The minimum atomic E-state index is -4.15. The highest BCUT2D eigenvalue weighted by atomic mass is 79.9. The number of sulfonamides is 1. The third-order valence-electron chi connectivity index (χ3n) is 2.62. The van der Waals surface area contributed by atoms with Gasteiger partial charge in [0.05, 0.1) is 21.5 Å². The number of esters is 1. The van der Waals surface area contributed by atoms with Crippen LogP contribution in [0.1, 0.15) is 37.6 Å². The molecule has 0 radical (unpaired) electrons. The Morgan fingerprint density at radius 2 is 1.95 bits per heavy atom. The van der Waals surface area contributed by atoms with Crippen LogP contribution in [0.25, 0.3) is 0 Å². The average Bonchev–Trinajstić information content (AvgIpc) is 2.28. The summed E-state index contributed by atoms with van der Waals surface area (Å²) in [7, 11) is -4.15. The van der Waals surface area contributed by atoms with Gasteiger partial charge >= 0.3 is 5.97 Å². The van der Waals surface area contributed by atoms with Gasteiger partial charge in [0.1, 0.15) is 5.82 Å². The zero-order valence-corrected chi connectivity index (χ0v) is 14.3. The van der Waals surface area contributed by atoms with E-state index in [4.69, 9.17) is 9.88 Å². The lowest BCUT2D eigenvalue weighted by Gasteiger charge is -2.17. The van der Waals surface area contributed by atoms with Crippen LogP contribution in [0.3, 0.4) is 0 Å². The quantitative estimate of drug-likeness (QED) is 0.812. The summed E-state index contributed by atoms with van der Waals surface area (Å²) in [6.07, 6.45) is 0.619. The molecule has 21 heavy (non-hydrogen) atoms. The predicted octanol–water partition coefficient (Wildman–Crippen LogP) is 2.83. The van der Waals surface area contributed by atoms with Crippen LogP contribution in [-0.4, -0.2) is 21.0 Å². The molecule has 0 aliphatic rings. The van der Waals surface area contributed by atoms with Crippen molar-refractivity contribution in [3.8, 4) is 0 Å². The van der Waals surface area contributed by atoms with Gasteiger partial charge in [-0.1, -0.05) is 20.8 Å². The fourth-order valence-electron chi connectivity index (χ4n) is 1.45. The summed E-state index contributed by atoms with van der Waals surface area (Å²) in [6, 6.07) is 1.64. The van der Waals surface area contributed by atoms with Gasteiger partial charge in [-0.3, -0.25) is 0 Å². The van der Waals surface area contributed by atoms with Crippen LogP contribution in [0.4, 0.5) is 4.39 Å². The molecule has 0 unspecified atom stereocenters. The van der Waals surface area contributed by atoms with Gasteiger partial charge < -0.3 is 4.74 Å². The summed E-state index contributed by atoms with van der Waals surface area (Å²) in [5.41, 5.74) is -0.237. The van der Waals surface area contributed by atoms with Crippen molar-refractivity contribution >= 4 is 31.9 Å². The van der Waals surface area contributed by atoms with E-state index >= 15 is 0 Å². The summed E-state index contributed by atoms with van der Waals surface area (Å²) in [6.45, 7) is 6.10. The Hall–Kier alpha value is -0.990. The molecule has 0 fully saturated rings. The first kappa shape index (κ1) is 18.1. The molecule has 0 heterocycles. The van der Waals surface area contributed by atoms with Gasteiger partial charge in [-0.2, -0.15) is 0 Å². The summed E-state index contributed by atoms with van der Waals surface area (Å²) in [5.74, 6) is -1.69. The monoisotopic (exact) mass is 381 g/mol. The van der Waals surface area contributed by atoms with Crippen LogP contribution in [0.15, 0.2) is 21.5 Å². The highest BCUT2D eigenvalue weighted by Gasteiger charge is 2.22. The van der Waals surface area contributed by atoms with Crippen molar-refractivity contribution in [1.82, 2.24) is 0 Å². The van der Waals surface area contributed by atoms with E-state index in [0.29, 0.717) is 6.42 Å². The fourth-order valence-corrected chi connectivity index (χ4v) is 3.15. The van der Waals surface area contributed by atoms with Gasteiger partial charge in [0.2, 0.25) is 10.0 Å². The minimum absolute atomic E-state index is 0.0226. The summed E-state index contributed by atoms with van der Waals surface area (Å²) in [4.78, 5) is 11.4.